The summed E-state index contributed by atoms with van der Waals surface area (Å²) in [5.41, 5.74) is 8.45. The smallest absolute Gasteiger partial charge is 0.260 e. The van der Waals surface area contributed by atoms with Gasteiger partial charge in [-0.15, -0.1) is 0 Å². The first-order valence-electron chi connectivity index (χ1n) is 12.5. The van der Waals surface area contributed by atoms with Crippen LogP contribution in [0.1, 0.15) is 41.2 Å². The molecule has 0 saturated heterocycles. The average molecular weight is 509 g/mol. The number of aryl methyl sites for hydroxylation is 1. The minimum atomic E-state index is -0.579. The van der Waals surface area contributed by atoms with Crippen molar-refractivity contribution in [2.24, 2.45) is 5.73 Å². The van der Waals surface area contributed by atoms with Crippen LogP contribution in [0.2, 0.25) is 0 Å². The van der Waals surface area contributed by atoms with Gasteiger partial charge in [-0.05, 0) is 44.6 Å². The highest BCUT2D eigenvalue weighted by Crippen LogP contribution is 2.29. The number of allylic oxidation sites excluding steroid dienone is 1. The lowest BCUT2D eigenvalue weighted by atomic mass is 10.1. The Bertz CT molecular complexity index is 1190. The van der Waals surface area contributed by atoms with E-state index in [-0.39, 0.29) is 36.2 Å². The van der Waals surface area contributed by atoms with Gasteiger partial charge in [0.2, 0.25) is 11.7 Å². The number of nitrogens with zero attached hydrogens (tertiary/aromatic N) is 1. The number of anilines is 1. The summed E-state index contributed by atoms with van der Waals surface area (Å²) in [6, 6.07) is 9.09. The molecular weight excluding hydrogens is 472 g/mol. The molecule has 3 rings (SSSR count). The molecule has 1 aliphatic heterocycles. The van der Waals surface area contributed by atoms with Crippen LogP contribution in [0, 0.1) is 13.8 Å². The zero-order chi connectivity index (χ0) is 26.9. The summed E-state index contributed by atoms with van der Waals surface area (Å²) >= 11 is 0. The van der Waals surface area contributed by atoms with Gasteiger partial charge in [0.05, 0.1) is 5.56 Å². The van der Waals surface area contributed by atoms with Crippen molar-refractivity contribution >= 4 is 29.4 Å². The molecule has 37 heavy (non-hydrogen) atoms. The second-order valence-corrected chi connectivity index (χ2v) is 8.63. The maximum Gasteiger partial charge on any atom is 0.260 e. The van der Waals surface area contributed by atoms with Gasteiger partial charge in [0.25, 0.3) is 11.8 Å². The average Bonchev–Trinajstić information content (AvgIpc) is 3.34. The largest absolute Gasteiger partial charge is 0.436 e. The summed E-state index contributed by atoms with van der Waals surface area (Å²) in [5, 5.41) is 8.61. The normalized spacial score (nSPS) is 14.3. The van der Waals surface area contributed by atoms with Gasteiger partial charge in [-0.25, -0.2) is 0 Å². The Labute approximate surface area is 217 Å². The summed E-state index contributed by atoms with van der Waals surface area (Å²) in [7, 11) is 0. The Balaban J connectivity index is 1.84. The highest BCUT2D eigenvalue weighted by molar-refractivity contribution is 6.28. The highest BCUT2D eigenvalue weighted by atomic mass is 16.5. The zero-order valence-corrected chi connectivity index (χ0v) is 21.9. The van der Waals surface area contributed by atoms with Crippen LogP contribution < -0.4 is 21.7 Å². The van der Waals surface area contributed by atoms with E-state index in [0.29, 0.717) is 34.7 Å². The molecule has 0 radical (unpaired) electrons. The lowest BCUT2D eigenvalue weighted by Crippen LogP contribution is -2.35. The van der Waals surface area contributed by atoms with Gasteiger partial charge in [0.15, 0.2) is 11.3 Å². The summed E-state index contributed by atoms with van der Waals surface area (Å²) in [5.74, 6) is -1.33. The Hall–Kier alpha value is -3.89. The van der Waals surface area contributed by atoms with Gasteiger partial charge in [-0.1, -0.05) is 32.0 Å². The number of amides is 2. The molecule has 6 N–H and O–H groups in total. The minimum Gasteiger partial charge on any atom is -0.436 e. The van der Waals surface area contributed by atoms with Crippen molar-refractivity contribution < 1.29 is 19.1 Å². The number of nitrogens with two attached hydrogens (primary N) is 1. The predicted octanol–water partition coefficient (Wildman–Crippen LogP) is 2.04. The van der Waals surface area contributed by atoms with E-state index in [1.807, 2.05) is 18.2 Å². The number of ketones is 1. The van der Waals surface area contributed by atoms with E-state index in [9.17, 15) is 14.4 Å². The SMILES string of the molecule is CCN(CC)CCNC(=O)c1c(C)[nH]c(/C=C2/OC(Nc3ccccc3)=C(C(=O)NCCN)C2=O)c1C. The molecule has 2 aromatic rings. The number of aromatic nitrogens is 1. The van der Waals surface area contributed by atoms with Crippen molar-refractivity contribution in [2.75, 3.05) is 44.6 Å². The number of ether oxygens (including phenoxy) is 1. The zero-order valence-electron chi connectivity index (χ0n) is 21.9. The first-order valence-corrected chi connectivity index (χ1v) is 12.5. The maximum atomic E-state index is 13.2. The summed E-state index contributed by atoms with van der Waals surface area (Å²) in [6.07, 6.45) is 1.52. The molecule has 2 amide bonds. The lowest BCUT2D eigenvalue weighted by Gasteiger charge is -2.18. The molecule has 10 heteroatoms. The number of benzene rings is 1. The summed E-state index contributed by atoms with van der Waals surface area (Å²) < 4.78 is 5.84. The Morgan fingerprint density at radius 1 is 1.05 bits per heavy atom. The van der Waals surface area contributed by atoms with Gasteiger partial charge >= 0.3 is 0 Å². The van der Waals surface area contributed by atoms with Crippen LogP contribution in [0.15, 0.2) is 47.5 Å². The molecule has 198 valence electrons. The van der Waals surface area contributed by atoms with Crippen molar-refractivity contribution in [3.05, 3.63) is 70.1 Å². The van der Waals surface area contributed by atoms with Crippen molar-refractivity contribution in [3.63, 3.8) is 0 Å². The molecule has 0 aliphatic carbocycles. The third-order valence-electron chi connectivity index (χ3n) is 6.17. The maximum absolute atomic E-state index is 13.2. The third-order valence-corrected chi connectivity index (χ3v) is 6.17. The predicted molar refractivity (Wildman–Crippen MR) is 144 cm³/mol. The number of para-hydroxylation sites is 1. The fourth-order valence-electron chi connectivity index (χ4n) is 4.10. The van der Waals surface area contributed by atoms with Crippen LogP contribution in [-0.2, 0) is 14.3 Å². The monoisotopic (exact) mass is 508 g/mol. The van der Waals surface area contributed by atoms with Crippen LogP contribution >= 0.6 is 0 Å². The number of Topliss-reactive ketones (excluding diaryl/α,β-unsaturated/α-hetero) is 1. The van der Waals surface area contributed by atoms with E-state index in [0.717, 1.165) is 19.6 Å². The molecule has 0 spiro atoms. The molecule has 1 aromatic heterocycles. The van der Waals surface area contributed by atoms with Crippen LogP contribution in [-0.4, -0.2) is 66.8 Å². The molecule has 10 nitrogen and oxygen atoms in total. The topological polar surface area (TPSA) is 142 Å². The van der Waals surface area contributed by atoms with Crippen molar-refractivity contribution in [3.8, 4) is 0 Å². The number of likely N-dealkylation sites (N-methyl/N-ethyl adjacent to an activating group) is 1. The van der Waals surface area contributed by atoms with E-state index in [1.165, 1.54) is 6.08 Å². The van der Waals surface area contributed by atoms with Gasteiger partial charge in [-0.3, -0.25) is 14.4 Å². The number of aromatic amines is 1. The van der Waals surface area contributed by atoms with Crippen molar-refractivity contribution in [1.82, 2.24) is 20.5 Å². The van der Waals surface area contributed by atoms with Gasteiger partial charge < -0.3 is 36.3 Å². The van der Waals surface area contributed by atoms with E-state index < -0.39 is 11.7 Å². The fraction of sp³-hybridized carbons (Fsp3) is 0.370. The number of rotatable bonds is 12. The Kier molecular flexibility index (Phi) is 9.64. The van der Waals surface area contributed by atoms with Crippen molar-refractivity contribution in [2.45, 2.75) is 27.7 Å². The Morgan fingerprint density at radius 2 is 1.73 bits per heavy atom. The Morgan fingerprint density at radius 3 is 2.38 bits per heavy atom. The van der Waals surface area contributed by atoms with Gasteiger partial charge in [0.1, 0.15) is 0 Å². The fourth-order valence-corrected chi connectivity index (χ4v) is 4.10. The molecule has 2 heterocycles. The second-order valence-electron chi connectivity index (χ2n) is 8.63. The number of nitrogens with one attached hydrogen (secondary N) is 4. The molecule has 0 fully saturated rings. The molecular formula is C27H36N6O4. The van der Waals surface area contributed by atoms with E-state index in [2.05, 4.69) is 39.7 Å². The molecule has 0 saturated carbocycles. The van der Waals surface area contributed by atoms with Crippen LogP contribution in [0.4, 0.5) is 5.69 Å². The van der Waals surface area contributed by atoms with E-state index >= 15 is 0 Å². The first-order chi connectivity index (χ1) is 17.8. The summed E-state index contributed by atoms with van der Waals surface area (Å²) in [4.78, 5) is 44.3. The van der Waals surface area contributed by atoms with Crippen LogP contribution in [0.3, 0.4) is 0 Å². The molecule has 0 atom stereocenters. The molecule has 1 aromatic carbocycles. The van der Waals surface area contributed by atoms with E-state index in [4.69, 9.17) is 10.5 Å². The minimum absolute atomic E-state index is 0.0332. The van der Waals surface area contributed by atoms with Crippen LogP contribution in [0.25, 0.3) is 6.08 Å². The molecule has 1 aliphatic rings. The van der Waals surface area contributed by atoms with E-state index in [1.54, 1.807) is 26.0 Å². The second kappa shape index (κ2) is 12.9. The quantitative estimate of drug-likeness (QED) is 0.218. The molecule has 0 bridgehead atoms. The first kappa shape index (κ1) is 27.7. The number of hydrogen-bond donors (Lipinski definition) is 5. The van der Waals surface area contributed by atoms with Crippen LogP contribution in [0.5, 0.6) is 0 Å². The number of carbonyl (C=O) groups excluding carboxylic acids is 3. The number of hydrogen-bond acceptors (Lipinski definition) is 7. The summed E-state index contributed by atoms with van der Waals surface area (Å²) in [6.45, 7) is 11.4. The number of carbonyl (C=O) groups is 3. The lowest BCUT2D eigenvalue weighted by molar-refractivity contribution is -0.121. The third kappa shape index (κ3) is 6.66. The standard InChI is InChI=1S/C27H36N6O4/c1-5-33(6-2)15-14-30-25(35)22-17(3)20(31-18(22)4)16-21-24(34)23(26(36)29-13-12-28)27(37-21)32-19-10-8-7-9-11-19/h7-11,16,31-32H,5-6,12-15,28H2,1-4H3,(H,29,36)(H,30,35)/b21-16+. The number of H-pyrrole nitrogens is 1. The van der Waals surface area contributed by atoms with Gasteiger partial charge in [0, 0.05) is 49.3 Å². The van der Waals surface area contributed by atoms with Crippen molar-refractivity contribution in [1.29, 1.82) is 0 Å². The van der Waals surface area contributed by atoms with Gasteiger partial charge in [-0.2, -0.15) is 0 Å². The molecule has 0 unspecified atom stereocenters. The highest BCUT2D eigenvalue weighted by Gasteiger charge is 2.36.